The van der Waals surface area contributed by atoms with Gasteiger partial charge >= 0.3 is 0 Å². The molecule has 0 saturated carbocycles. The first-order chi connectivity index (χ1) is 9.86. The SMILES string of the molecule is CCN1CCC(CN2CCNCC2c2ccccc2)C1. The van der Waals surface area contributed by atoms with E-state index in [1.54, 1.807) is 0 Å². The van der Waals surface area contributed by atoms with Crippen LogP contribution in [-0.2, 0) is 0 Å². The Morgan fingerprint density at radius 1 is 1.20 bits per heavy atom. The highest BCUT2D eigenvalue weighted by Crippen LogP contribution is 2.25. The Morgan fingerprint density at radius 3 is 2.80 bits per heavy atom. The van der Waals surface area contributed by atoms with Gasteiger partial charge in [-0.05, 0) is 31.0 Å². The molecule has 2 aliphatic rings. The lowest BCUT2D eigenvalue weighted by Crippen LogP contribution is -2.47. The van der Waals surface area contributed by atoms with E-state index < -0.39 is 0 Å². The predicted octanol–water partition coefficient (Wildman–Crippen LogP) is 1.97. The number of piperazine rings is 1. The molecule has 20 heavy (non-hydrogen) atoms. The van der Waals surface area contributed by atoms with Crippen molar-refractivity contribution in [3.05, 3.63) is 35.9 Å². The average molecular weight is 273 g/mol. The minimum Gasteiger partial charge on any atom is -0.314 e. The van der Waals surface area contributed by atoms with Crippen molar-refractivity contribution in [2.45, 2.75) is 19.4 Å². The Morgan fingerprint density at radius 2 is 2.05 bits per heavy atom. The van der Waals surface area contributed by atoms with Gasteiger partial charge in [0.25, 0.3) is 0 Å². The molecule has 2 fully saturated rings. The molecular formula is C17H27N3. The predicted molar refractivity (Wildman–Crippen MR) is 83.8 cm³/mol. The molecule has 3 heteroatoms. The molecule has 0 bridgehead atoms. The van der Waals surface area contributed by atoms with Gasteiger partial charge in [0.05, 0.1) is 0 Å². The van der Waals surface area contributed by atoms with Gasteiger partial charge in [-0.2, -0.15) is 0 Å². The average Bonchev–Trinajstić information content (AvgIpc) is 2.96. The molecule has 2 aliphatic heterocycles. The van der Waals surface area contributed by atoms with Gasteiger partial charge in [0.15, 0.2) is 0 Å². The zero-order valence-electron chi connectivity index (χ0n) is 12.6. The molecule has 0 amide bonds. The van der Waals surface area contributed by atoms with Crippen LogP contribution in [0.25, 0.3) is 0 Å². The van der Waals surface area contributed by atoms with E-state index in [9.17, 15) is 0 Å². The third kappa shape index (κ3) is 3.22. The van der Waals surface area contributed by atoms with Gasteiger partial charge in [-0.3, -0.25) is 4.90 Å². The van der Waals surface area contributed by atoms with Gasteiger partial charge in [-0.25, -0.2) is 0 Å². The van der Waals surface area contributed by atoms with Crippen LogP contribution in [-0.4, -0.2) is 55.6 Å². The summed E-state index contributed by atoms with van der Waals surface area (Å²) in [5, 5.41) is 3.56. The zero-order chi connectivity index (χ0) is 13.8. The third-order valence-electron chi connectivity index (χ3n) is 4.85. The summed E-state index contributed by atoms with van der Waals surface area (Å²) < 4.78 is 0. The van der Waals surface area contributed by atoms with Crippen LogP contribution in [0.5, 0.6) is 0 Å². The molecule has 0 radical (unpaired) electrons. The highest BCUT2D eigenvalue weighted by atomic mass is 15.2. The lowest BCUT2D eigenvalue weighted by atomic mass is 10.0. The molecule has 2 heterocycles. The van der Waals surface area contributed by atoms with E-state index in [0.29, 0.717) is 6.04 Å². The van der Waals surface area contributed by atoms with Gasteiger partial charge < -0.3 is 10.2 Å². The number of likely N-dealkylation sites (tertiary alicyclic amines) is 1. The number of nitrogens with one attached hydrogen (secondary N) is 1. The lowest BCUT2D eigenvalue weighted by molar-refractivity contribution is 0.137. The highest BCUT2D eigenvalue weighted by Gasteiger charge is 2.28. The van der Waals surface area contributed by atoms with E-state index in [4.69, 9.17) is 0 Å². The molecule has 2 atom stereocenters. The van der Waals surface area contributed by atoms with Gasteiger partial charge in [-0.1, -0.05) is 37.3 Å². The summed E-state index contributed by atoms with van der Waals surface area (Å²) in [6.45, 7) is 10.7. The fraction of sp³-hybridized carbons (Fsp3) is 0.647. The zero-order valence-corrected chi connectivity index (χ0v) is 12.6. The van der Waals surface area contributed by atoms with Crippen LogP contribution in [0.4, 0.5) is 0 Å². The van der Waals surface area contributed by atoms with Crippen molar-refractivity contribution in [1.29, 1.82) is 0 Å². The number of benzene rings is 1. The summed E-state index contributed by atoms with van der Waals surface area (Å²) in [4.78, 5) is 5.29. The second-order valence-electron chi connectivity index (χ2n) is 6.17. The summed E-state index contributed by atoms with van der Waals surface area (Å²) >= 11 is 0. The first-order valence-corrected chi connectivity index (χ1v) is 8.09. The van der Waals surface area contributed by atoms with Gasteiger partial charge in [0.2, 0.25) is 0 Å². The number of hydrogen-bond donors (Lipinski definition) is 1. The van der Waals surface area contributed by atoms with Crippen LogP contribution < -0.4 is 5.32 Å². The van der Waals surface area contributed by atoms with Crippen molar-refractivity contribution in [2.24, 2.45) is 5.92 Å². The van der Waals surface area contributed by atoms with Gasteiger partial charge in [0.1, 0.15) is 0 Å². The fourth-order valence-corrected chi connectivity index (χ4v) is 3.65. The minimum atomic E-state index is 0.556. The highest BCUT2D eigenvalue weighted by molar-refractivity contribution is 5.20. The minimum absolute atomic E-state index is 0.556. The normalized spacial score (nSPS) is 28.9. The van der Waals surface area contributed by atoms with Crippen LogP contribution in [0, 0.1) is 5.92 Å². The maximum Gasteiger partial charge on any atom is 0.0473 e. The van der Waals surface area contributed by atoms with E-state index in [2.05, 4.69) is 52.4 Å². The van der Waals surface area contributed by atoms with E-state index in [0.717, 1.165) is 19.0 Å². The topological polar surface area (TPSA) is 18.5 Å². The quantitative estimate of drug-likeness (QED) is 0.905. The van der Waals surface area contributed by atoms with Crippen molar-refractivity contribution in [1.82, 2.24) is 15.1 Å². The monoisotopic (exact) mass is 273 g/mol. The van der Waals surface area contributed by atoms with Crippen LogP contribution in [0.2, 0.25) is 0 Å². The molecular weight excluding hydrogens is 246 g/mol. The Balaban J connectivity index is 1.64. The largest absolute Gasteiger partial charge is 0.314 e. The fourth-order valence-electron chi connectivity index (χ4n) is 3.65. The van der Waals surface area contributed by atoms with Crippen LogP contribution in [0.1, 0.15) is 24.9 Å². The van der Waals surface area contributed by atoms with Gasteiger partial charge in [0, 0.05) is 38.8 Å². The molecule has 2 saturated heterocycles. The molecule has 0 aromatic heterocycles. The molecule has 1 N–H and O–H groups in total. The van der Waals surface area contributed by atoms with Crippen molar-refractivity contribution in [3.63, 3.8) is 0 Å². The summed E-state index contributed by atoms with van der Waals surface area (Å²) in [5.74, 6) is 0.860. The van der Waals surface area contributed by atoms with Crippen molar-refractivity contribution < 1.29 is 0 Å². The van der Waals surface area contributed by atoms with Crippen LogP contribution in [0.3, 0.4) is 0 Å². The van der Waals surface area contributed by atoms with Crippen LogP contribution in [0.15, 0.2) is 30.3 Å². The van der Waals surface area contributed by atoms with Crippen molar-refractivity contribution in [3.8, 4) is 0 Å². The molecule has 1 aromatic rings. The van der Waals surface area contributed by atoms with E-state index in [1.165, 1.54) is 44.7 Å². The maximum atomic E-state index is 3.56. The lowest BCUT2D eigenvalue weighted by Gasteiger charge is -2.38. The Hall–Kier alpha value is -0.900. The Bertz CT molecular complexity index is 406. The first-order valence-electron chi connectivity index (χ1n) is 8.09. The van der Waals surface area contributed by atoms with Crippen molar-refractivity contribution in [2.75, 3.05) is 45.8 Å². The molecule has 1 aromatic carbocycles. The van der Waals surface area contributed by atoms with Crippen molar-refractivity contribution >= 4 is 0 Å². The summed E-state index contributed by atoms with van der Waals surface area (Å²) in [6, 6.07) is 11.5. The first kappa shape index (κ1) is 14.1. The smallest absolute Gasteiger partial charge is 0.0473 e. The standard InChI is InChI=1S/C17H27N3/c1-2-19-10-8-15(13-19)14-20-11-9-18-12-17(20)16-6-4-3-5-7-16/h3-7,15,17-18H,2,8-14H2,1H3. The molecule has 110 valence electrons. The molecule has 3 nitrogen and oxygen atoms in total. The van der Waals surface area contributed by atoms with E-state index in [1.807, 2.05) is 0 Å². The molecule has 0 aliphatic carbocycles. The van der Waals surface area contributed by atoms with E-state index >= 15 is 0 Å². The molecule has 3 rings (SSSR count). The van der Waals surface area contributed by atoms with Gasteiger partial charge in [-0.15, -0.1) is 0 Å². The second kappa shape index (κ2) is 6.70. The van der Waals surface area contributed by atoms with E-state index in [-0.39, 0.29) is 0 Å². The molecule has 2 unspecified atom stereocenters. The number of nitrogens with zero attached hydrogens (tertiary/aromatic N) is 2. The maximum absolute atomic E-state index is 3.56. The summed E-state index contributed by atoms with van der Waals surface area (Å²) in [7, 11) is 0. The Kier molecular flexibility index (Phi) is 4.71. The second-order valence-corrected chi connectivity index (χ2v) is 6.17. The summed E-state index contributed by atoms with van der Waals surface area (Å²) in [5.41, 5.74) is 1.46. The number of rotatable bonds is 4. The van der Waals surface area contributed by atoms with Crippen LogP contribution >= 0.6 is 0 Å². The Labute approximate surface area is 123 Å². The third-order valence-corrected chi connectivity index (χ3v) is 4.85. The number of hydrogen-bond acceptors (Lipinski definition) is 3. The summed E-state index contributed by atoms with van der Waals surface area (Å²) in [6.07, 6.45) is 1.37. The molecule has 0 spiro atoms.